The van der Waals surface area contributed by atoms with E-state index in [0.29, 0.717) is 79.8 Å². The summed E-state index contributed by atoms with van der Waals surface area (Å²) in [5, 5.41) is 25.1. The summed E-state index contributed by atoms with van der Waals surface area (Å²) >= 11 is 0. The number of benzene rings is 4. The van der Waals surface area contributed by atoms with E-state index in [0.717, 1.165) is 116 Å². The molecule has 7 N–H and O–H groups in total. The summed E-state index contributed by atoms with van der Waals surface area (Å²) in [5.41, 5.74) is 17.3. The zero-order chi connectivity index (χ0) is 64.4. The molecule has 4 aromatic carbocycles. The molecule has 94 heavy (non-hydrogen) atoms. The molecule has 482 valence electrons. The number of para-hydroxylation sites is 2. The minimum absolute atomic E-state index is 0.235. The first-order chi connectivity index (χ1) is 46.3. The highest BCUT2D eigenvalue weighted by Gasteiger charge is 2.20. The number of rotatable bonds is 21. The van der Waals surface area contributed by atoms with Crippen LogP contribution in [-0.2, 0) is 11.3 Å². The lowest BCUT2D eigenvalue weighted by Gasteiger charge is -2.27. The van der Waals surface area contributed by atoms with Crippen LogP contribution in [0.2, 0.25) is 0 Å². The summed E-state index contributed by atoms with van der Waals surface area (Å²) in [6.45, 7) is 14.0. The molecular weight excluding hydrogens is 1180 g/mol. The van der Waals surface area contributed by atoms with Crippen LogP contribution in [0.5, 0.6) is 0 Å². The molecule has 25 heteroatoms. The molecule has 13 rings (SSSR count). The van der Waals surface area contributed by atoms with E-state index in [2.05, 4.69) is 153 Å². The van der Waals surface area contributed by atoms with E-state index >= 15 is 0 Å². The van der Waals surface area contributed by atoms with E-state index in [4.69, 9.17) is 4.74 Å². The van der Waals surface area contributed by atoms with Crippen molar-refractivity contribution in [2.75, 3.05) is 106 Å². The van der Waals surface area contributed by atoms with Gasteiger partial charge in [0.2, 0.25) is 53.5 Å². The average molecular weight is 1260 g/mol. The predicted octanol–water partition coefficient (Wildman–Crippen LogP) is 12.0. The molecule has 0 bridgehead atoms. The molecule has 0 saturated carbocycles. The summed E-state index contributed by atoms with van der Waals surface area (Å²) in [4.78, 5) is 59.5. The maximum Gasteiger partial charge on any atom is 0.250 e. The van der Waals surface area contributed by atoms with Crippen LogP contribution in [0.25, 0.3) is 21.8 Å². The Bertz CT molecular complexity index is 4110. The lowest BCUT2D eigenvalue weighted by Crippen LogP contribution is -2.37. The van der Waals surface area contributed by atoms with Crippen molar-refractivity contribution in [1.29, 1.82) is 0 Å². The number of aromatic nitrogens is 11. The van der Waals surface area contributed by atoms with Gasteiger partial charge in [0.1, 0.15) is 0 Å². The molecule has 9 aromatic rings. The fourth-order valence-electron chi connectivity index (χ4n) is 10.5. The Kier molecular flexibility index (Phi) is 23.2. The Morgan fingerprint density at radius 3 is 1.89 bits per heavy atom. The van der Waals surface area contributed by atoms with Gasteiger partial charge in [0.25, 0.3) is 0 Å². The van der Waals surface area contributed by atoms with Gasteiger partial charge in [-0.1, -0.05) is 109 Å². The van der Waals surface area contributed by atoms with Gasteiger partial charge in [0, 0.05) is 122 Å². The Labute approximate surface area is 547 Å². The van der Waals surface area contributed by atoms with Gasteiger partial charge in [-0.25, -0.2) is 16.3 Å². The standard InChI is InChI=1S/C24H24N8O.C24H30N8.C21H26N8/c1-17-5-4-6-19(15-17)27-22-28-23(30-24(29-22)32-11-13-33-14-12-32)31-26-16-18-9-10-25-21-8-3-2-7-20(18)21;1-3-4-10-18(2)15-26-22-28-23(30-24(29-22)32-13-8-5-9-14-32)31-27-17-19-16-25-21-12-7-6-11-20(19)21;1-3-7-17(8-4-1)15-23-19-25-20(28-24-16-18-9-11-22-12-10-18)27-21(26-19)29-13-5-2-6-14-29/h2-10,15-16H,11-14H2,1H3,(H2,27,28,29,30,31);3-4,6-7,10-12,16-17,25H,5,8-9,13-15H2,1-2H3,(H2,26,28,29,30,31);1,3-4,7-9,11-12,16,18H,2,5-6,10,13-15H2,(H2,23,25,26,27,28)/b26-16+;4-3-,18-10+,27-17+;24-16+. The minimum atomic E-state index is 0.235. The normalized spacial score (nSPS) is 15.9. The molecule has 0 radical (unpaired) electrons. The number of piperidine rings is 2. The molecule has 4 aliphatic rings. The highest BCUT2D eigenvalue weighted by molar-refractivity contribution is 5.99. The van der Waals surface area contributed by atoms with Crippen molar-refractivity contribution in [3.05, 3.63) is 180 Å². The molecule has 25 nitrogen and oxygen atoms in total. The summed E-state index contributed by atoms with van der Waals surface area (Å²) < 4.78 is 5.47. The molecule has 0 amide bonds. The van der Waals surface area contributed by atoms with Gasteiger partial charge in [0.15, 0.2) is 0 Å². The van der Waals surface area contributed by atoms with Gasteiger partial charge in [0.05, 0.1) is 31.2 Å². The van der Waals surface area contributed by atoms with E-state index in [1.165, 1.54) is 24.0 Å². The summed E-state index contributed by atoms with van der Waals surface area (Å²) in [7, 11) is 0. The number of allylic oxidation sites excluding steroid dienone is 4. The molecule has 1 atom stereocenters. The fraction of sp³-hybridized carbons (Fsp3) is 0.304. The first-order valence-electron chi connectivity index (χ1n) is 32.0. The number of morpholine rings is 1. The number of H-pyrrole nitrogens is 1. The van der Waals surface area contributed by atoms with Crippen molar-refractivity contribution in [3.8, 4) is 0 Å². The smallest absolute Gasteiger partial charge is 0.250 e. The number of aryl methyl sites for hydroxylation is 1. The average Bonchev–Trinajstić information content (AvgIpc) is 1.69. The number of pyridine rings is 1. The van der Waals surface area contributed by atoms with Crippen LogP contribution in [0, 0.1) is 12.8 Å². The lowest BCUT2D eigenvalue weighted by atomic mass is 10.1. The van der Waals surface area contributed by atoms with Crippen LogP contribution in [-0.4, -0.2) is 139 Å². The van der Waals surface area contributed by atoms with Gasteiger partial charge < -0.3 is 40.4 Å². The molecule has 9 heterocycles. The third-order valence-electron chi connectivity index (χ3n) is 15.5. The number of hydrazone groups is 3. The highest BCUT2D eigenvalue weighted by Crippen LogP contribution is 2.24. The predicted molar refractivity (Wildman–Crippen MR) is 380 cm³/mol. The van der Waals surface area contributed by atoms with Crippen LogP contribution in [0.3, 0.4) is 0 Å². The number of nitrogens with one attached hydrogen (secondary N) is 7. The molecule has 0 spiro atoms. The number of fused-ring (bicyclic) bond motifs is 2. The van der Waals surface area contributed by atoms with Gasteiger partial charge in [-0.15, -0.1) is 0 Å². The second kappa shape index (κ2) is 33.8. The first-order valence-corrected chi connectivity index (χ1v) is 32.0. The van der Waals surface area contributed by atoms with Gasteiger partial charge in [-0.2, -0.15) is 60.2 Å². The fourth-order valence-corrected chi connectivity index (χ4v) is 10.5. The third kappa shape index (κ3) is 19.2. The zero-order valence-corrected chi connectivity index (χ0v) is 53.4. The van der Waals surface area contributed by atoms with E-state index in [9.17, 15) is 0 Å². The summed E-state index contributed by atoms with van der Waals surface area (Å²) in [5.74, 6) is 4.95. The maximum atomic E-state index is 5.47. The molecule has 3 saturated heterocycles. The molecule has 0 aliphatic carbocycles. The van der Waals surface area contributed by atoms with E-state index in [-0.39, 0.29) is 5.92 Å². The van der Waals surface area contributed by atoms with Crippen LogP contribution < -0.4 is 46.9 Å². The van der Waals surface area contributed by atoms with Crippen LogP contribution in [0.1, 0.15) is 81.0 Å². The van der Waals surface area contributed by atoms with Gasteiger partial charge in [-0.3, -0.25) is 9.98 Å². The number of ether oxygens (including phenoxy) is 1. The second-order valence-electron chi connectivity index (χ2n) is 22.7. The Hall–Kier alpha value is -11.1. The second-order valence-corrected chi connectivity index (χ2v) is 22.7. The molecule has 4 aliphatic heterocycles. The van der Waals surface area contributed by atoms with Gasteiger partial charge in [-0.05, 0) is 107 Å². The van der Waals surface area contributed by atoms with E-state index in [1.807, 2.05) is 142 Å². The SMILES string of the molecule is C/C=C\C=C(/C)CNc1nc(N/N=C/c2c[nH]c3ccccc23)nc(N2CCCCC2)n1.C1=CC(/C=N/Nc2nc(NCc3ccccc3)nc(N3CCCCC3)n2)CC=N1.Cc1cccc(Nc2nc(N/N=C/c3ccnc4ccccc34)nc(N3CCOCC3)n2)c1. The molecule has 5 aromatic heterocycles. The van der Waals surface area contributed by atoms with Crippen molar-refractivity contribution in [2.24, 2.45) is 26.2 Å². The van der Waals surface area contributed by atoms with E-state index in [1.54, 1.807) is 24.8 Å². The van der Waals surface area contributed by atoms with Crippen molar-refractivity contribution >= 4 is 106 Å². The minimum Gasteiger partial charge on any atom is -0.378 e. The number of aliphatic imine (C=N–C) groups is 1. The quantitative estimate of drug-likeness (QED) is 0.0200. The molecule has 1 unspecified atom stereocenters. The first kappa shape index (κ1) is 64.4. The topological polar surface area (TPSA) is 285 Å². The number of aromatic amines is 1. The molecular formula is C69H80N24O. The Balaban J connectivity index is 0.000000144. The van der Waals surface area contributed by atoms with Crippen LogP contribution in [0.4, 0.5) is 59.2 Å². The van der Waals surface area contributed by atoms with Crippen molar-refractivity contribution < 1.29 is 4.74 Å². The maximum absolute atomic E-state index is 5.47. The number of nitrogens with zero attached hydrogens (tertiary/aromatic N) is 17. The van der Waals surface area contributed by atoms with Crippen molar-refractivity contribution in [3.63, 3.8) is 0 Å². The Morgan fingerprint density at radius 2 is 1.21 bits per heavy atom. The van der Waals surface area contributed by atoms with Crippen LogP contribution >= 0.6 is 0 Å². The highest BCUT2D eigenvalue weighted by atomic mass is 16.5. The van der Waals surface area contributed by atoms with E-state index < -0.39 is 0 Å². The Morgan fingerprint density at radius 1 is 0.606 bits per heavy atom. The van der Waals surface area contributed by atoms with Gasteiger partial charge >= 0.3 is 0 Å². The number of hydrogen-bond acceptors (Lipinski definition) is 24. The third-order valence-corrected chi connectivity index (χ3v) is 15.5. The summed E-state index contributed by atoms with van der Waals surface area (Å²) in [6, 6.07) is 36.3. The van der Waals surface area contributed by atoms with Crippen molar-refractivity contribution in [1.82, 2.24) is 54.8 Å². The monoisotopic (exact) mass is 1260 g/mol. The number of hydrogen-bond donors (Lipinski definition) is 7. The summed E-state index contributed by atoms with van der Waals surface area (Å²) in [6.07, 6.45) is 28.9. The zero-order valence-electron chi connectivity index (χ0n) is 53.4. The number of anilines is 10. The lowest BCUT2D eigenvalue weighted by molar-refractivity contribution is 0.122. The van der Waals surface area contributed by atoms with Crippen LogP contribution in [0.15, 0.2) is 178 Å². The molecule has 3 fully saturated rings. The largest absolute Gasteiger partial charge is 0.378 e. The van der Waals surface area contributed by atoms with Crippen molar-refractivity contribution in [2.45, 2.75) is 72.3 Å².